The van der Waals surface area contributed by atoms with Gasteiger partial charge < -0.3 is 4.90 Å². The van der Waals surface area contributed by atoms with Crippen LogP contribution in [0.2, 0.25) is 15.1 Å². The zero-order valence-electron chi connectivity index (χ0n) is 20.5. The van der Waals surface area contributed by atoms with Crippen LogP contribution < -0.4 is 0 Å². The number of amides is 1. The summed E-state index contributed by atoms with van der Waals surface area (Å²) in [5.74, 6) is -0.119. The maximum Gasteiger partial charge on any atom is 0.222 e. The van der Waals surface area contributed by atoms with Crippen molar-refractivity contribution in [2.75, 3.05) is 13.1 Å². The number of sulfone groups is 1. The van der Waals surface area contributed by atoms with Gasteiger partial charge in [-0.1, -0.05) is 65.1 Å². The van der Waals surface area contributed by atoms with Crippen LogP contribution in [0.25, 0.3) is 0 Å². The Labute approximate surface area is 237 Å². The third-order valence-corrected chi connectivity index (χ3v) is 10.3. The topological polar surface area (TPSA) is 71.5 Å². The van der Waals surface area contributed by atoms with E-state index in [0.29, 0.717) is 48.5 Å². The first-order chi connectivity index (χ1) is 18.1. The predicted octanol–water partition coefficient (Wildman–Crippen LogP) is 6.77. The minimum atomic E-state index is -3.80. The summed E-state index contributed by atoms with van der Waals surface area (Å²) in [4.78, 5) is 27.4. The fourth-order valence-electron chi connectivity index (χ4n) is 5.55. The van der Waals surface area contributed by atoms with Gasteiger partial charge in [-0.2, -0.15) is 0 Å². The number of likely N-dealkylation sites (tertiary alicyclic amines) is 1. The molecule has 2 aliphatic rings. The maximum atomic E-state index is 14.0. The van der Waals surface area contributed by atoms with Crippen LogP contribution in [0.5, 0.6) is 0 Å². The van der Waals surface area contributed by atoms with E-state index >= 15 is 0 Å². The number of carbonyl (C=O) groups excluding carboxylic acids is 2. The molecule has 0 saturated carbocycles. The van der Waals surface area contributed by atoms with E-state index in [2.05, 4.69) is 0 Å². The van der Waals surface area contributed by atoms with Gasteiger partial charge >= 0.3 is 0 Å². The quantitative estimate of drug-likeness (QED) is 0.285. The number of halogens is 3. The molecular formula is C29H26Cl3NO4S. The molecule has 3 aromatic carbocycles. The van der Waals surface area contributed by atoms with E-state index in [1.54, 1.807) is 36.4 Å². The minimum Gasteiger partial charge on any atom is -0.342 e. The summed E-state index contributed by atoms with van der Waals surface area (Å²) in [5.41, 5.74) is 2.54. The van der Waals surface area contributed by atoms with Crippen molar-refractivity contribution >= 4 is 56.3 Å². The molecule has 0 spiro atoms. The zero-order chi connectivity index (χ0) is 27.0. The molecule has 1 fully saturated rings. The molecule has 1 heterocycles. The molecule has 38 heavy (non-hydrogen) atoms. The molecule has 5 nitrogen and oxygen atoms in total. The molecule has 1 unspecified atom stereocenters. The number of fused-ring (bicyclic) bond motifs is 1. The molecule has 0 N–H and O–H groups in total. The highest BCUT2D eigenvalue weighted by Crippen LogP contribution is 2.43. The molecule has 5 rings (SSSR count). The summed E-state index contributed by atoms with van der Waals surface area (Å²) in [7, 11) is -3.80. The first-order valence-electron chi connectivity index (χ1n) is 12.5. The fraction of sp³-hybridized carbons (Fsp3) is 0.310. The van der Waals surface area contributed by atoms with E-state index in [1.165, 1.54) is 6.07 Å². The molecule has 1 amide bonds. The van der Waals surface area contributed by atoms with Crippen LogP contribution in [0.15, 0.2) is 65.6 Å². The van der Waals surface area contributed by atoms with Crippen molar-refractivity contribution in [3.63, 3.8) is 0 Å². The van der Waals surface area contributed by atoms with Gasteiger partial charge in [-0.15, -0.1) is 0 Å². The smallest absolute Gasteiger partial charge is 0.222 e. The largest absolute Gasteiger partial charge is 0.342 e. The lowest BCUT2D eigenvalue weighted by Crippen LogP contribution is -2.35. The van der Waals surface area contributed by atoms with E-state index in [4.69, 9.17) is 34.8 Å². The number of ketones is 1. The van der Waals surface area contributed by atoms with Gasteiger partial charge in [-0.3, -0.25) is 9.59 Å². The Bertz CT molecular complexity index is 1500. The van der Waals surface area contributed by atoms with E-state index in [-0.39, 0.29) is 44.5 Å². The lowest BCUT2D eigenvalue weighted by molar-refractivity contribution is -0.128. The van der Waals surface area contributed by atoms with Crippen LogP contribution in [-0.2, 0) is 27.5 Å². The number of rotatable bonds is 7. The van der Waals surface area contributed by atoms with Crippen molar-refractivity contribution in [2.45, 2.75) is 42.2 Å². The molecule has 1 saturated heterocycles. The second kappa shape index (κ2) is 11.0. The van der Waals surface area contributed by atoms with Gasteiger partial charge in [0.25, 0.3) is 0 Å². The summed E-state index contributed by atoms with van der Waals surface area (Å²) in [6.07, 6.45) is 2.44. The highest BCUT2D eigenvalue weighted by Gasteiger charge is 2.38. The summed E-state index contributed by atoms with van der Waals surface area (Å²) >= 11 is 18.6. The molecule has 3 aromatic rings. The van der Waals surface area contributed by atoms with Gasteiger partial charge in [0.2, 0.25) is 5.91 Å². The monoisotopic (exact) mass is 589 g/mol. The molecule has 0 bridgehead atoms. The Hall–Kier alpha value is -2.38. The summed E-state index contributed by atoms with van der Waals surface area (Å²) in [6.45, 7) is 1.24. The van der Waals surface area contributed by atoms with Crippen LogP contribution in [-0.4, -0.2) is 38.1 Å². The van der Waals surface area contributed by atoms with Gasteiger partial charge in [0.1, 0.15) is 0 Å². The van der Waals surface area contributed by atoms with E-state index < -0.39 is 15.1 Å². The first kappa shape index (κ1) is 27.2. The summed E-state index contributed by atoms with van der Waals surface area (Å²) < 4.78 is 27.9. The van der Waals surface area contributed by atoms with Gasteiger partial charge in [-0.25, -0.2) is 8.42 Å². The molecule has 0 radical (unpaired) electrons. The van der Waals surface area contributed by atoms with E-state index in [1.807, 2.05) is 23.1 Å². The number of benzene rings is 3. The van der Waals surface area contributed by atoms with Crippen molar-refractivity contribution in [3.05, 3.63) is 98.0 Å². The Morgan fingerprint density at radius 2 is 1.71 bits per heavy atom. The second-order valence-electron chi connectivity index (χ2n) is 9.97. The zero-order valence-corrected chi connectivity index (χ0v) is 23.6. The SMILES string of the molecule is O=C(Cc1ccc2c(c1)C(S(=O)(=O)c1cccc(Cl)c1)C[C@H](CN1CCCC1=O)C2)c1c(Cl)cccc1Cl. The normalized spacial score (nSPS) is 19.4. The van der Waals surface area contributed by atoms with Crippen LogP contribution in [0.4, 0.5) is 0 Å². The average molecular weight is 591 g/mol. The Balaban J connectivity index is 1.51. The van der Waals surface area contributed by atoms with Crippen LogP contribution in [0.1, 0.15) is 51.6 Å². The fourth-order valence-corrected chi connectivity index (χ4v) is 8.38. The molecule has 9 heteroatoms. The third-order valence-electron chi connectivity index (χ3n) is 7.37. The van der Waals surface area contributed by atoms with Crippen molar-refractivity contribution in [2.24, 2.45) is 5.92 Å². The molecule has 0 aromatic heterocycles. The standard InChI is InChI=1S/C29H26Cl3NO4S/c30-21-4-1-5-22(16-21)38(36,37)27-15-19(17-33-11-3-8-28(33)35)12-20-10-9-18(13-23(20)27)14-26(34)29-24(31)6-2-7-25(29)32/h1-2,4-7,9-10,13,16,19,27H,3,8,11-12,14-15,17H2/t19-,27?/m1/s1. The van der Waals surface area contributed by atoms with Crippen molar-refractivity contribution in [3.8, 4) is 0 Å². The number of nitrogens with zero attached hydrogens (tertiary/aromatic N) is 1. The molecule has 1 aliphatic carbocycles. The maximum absolute atomic E-state index is 14.0. The van der Waals surface area contributed by atoms with Crippen LogP contribution in [0.3, 0.4) is 0 Å². The molecule has 2 atom stereocenters. The average Bonchev–Trinajstić information content (AvgIpc) is 3.27. The predicted molar refractivity (Wildman–Crippen MR) is 150 cm³/mol. The Kier molecular flexibility index (Phi) is 7.88. The van der Waals surface area contributed by atoms with Crippen LogP contribution in [0, 0.1) is 5.92 Å². The summed E-state index contributed by atoms with van der Waals surface area (Å²) in [5, 5.41) is 0.0750. The van der Waals surface area contributed by atoms with Crippen molar-refractivity contribution in [1.29, 1.82) is 0 Å². The van der Waals surface area contributed by atoms with E-state index in [0.717, 1.165) is 12.0 Å². The Morgan fingerprint density at radius 1 is 0.974 bits per heavy atom. The molecule has 198 valence electrons. The highest BCUT2D eigenvalue weighted by molar-refractivity contribution is 7.91. The third kappa shape index (κ3) is 5.50. The summed E-state index contributed by atoms with van der Waals surface area (Å²) in [6, 6.07) is 16.8. The first-order valence-corrected chi connectivity index (χ1v) is 15.2. The van der Waals surface area contributed by atoms with E-state index in [9.17, 15) is 18.0 Å². The number of carbonyl (C=O) groups is 2. The minimum absolute atomic E-state index is 0.00192. The second-order valence-corrected chi connectivity index (χ2v) is 13.4. The lowest BCUT2D eigenvalue weighted by Gasteiger charge is -2.34. The van der Waals surface area contributed by atoms with Crippen molar-refractivity contribution in [1.82, 2.24) is 4.90 Å². The molecule has 1 aliphatic heterocycles. The number of hydrogen-bond donors (Lipinski definition) is 0. The van der Waals surface area contributed by atoms with Crippen molar-refractivity contribution < 1.29 is 18.0 Å². The highest BCUT2D eigenvalue weighted by atomic mass is 35.5. The Morgan fingerprint density at radius 3 is 2.39 bits per heavy atom. The number of hydrogen-bond acceptors (Lipinski definition) is 4. The van der Waals surface area contributed by atoms with Gasteiger partial charge in [0.15, 0.2) is 15.6 Å². The molecular weight excluding hydrogens is 565 g/mol. The van der Waals surface area contributed by atoms with Crippen LogP contribution >= 0.6 is 34.8 Å². The number of Topliss-reactive ketones (excluding diaryl/α,β-unsaturated/α-hetero) is 1. The van der Waals surface area contributed by atoms with Gasteiger partial charge in [0.05, 0.1) is 25.8 Å². The lowest BCUT2D eigenvalue weighted by atomic mass is 9.82. The van der Waals surface area contributed by atoms with Gasteiger partial charge in [0, 0.05) is 31.0 Å². The van der Waals surface area contributed by atoms with Gasteiger partial charge in [-0.05, 0) is 72.2 Å².